The summed E-state index contributed by atoms with van der Waals surface area (Å²) in [5.74, 6) is 0. The highest BCUT2D eigenvalue weighted by Crippen LogP contribution is 2.31. The van der Waals surface area contributed by atoms with Gasteiger partial charge in [0.2, 0.25) is 0 Å². The molecule has 0 saturated carbocycles. The third-order valence-electron chi connectivity index (χ3n) is 8.03. The smallest absolute Gasteiger partial charge is 0.187 e. The van der Waals surface area contributed by atoms with E-state index in [4.69, 9.17) is 18.9 Å². The standard InChI is InChI=1S/C25H43NO18/c1-7-13(26-9-2-8(3-27)14(33)18(37)15(9)34)17(36)20(39)24(41-7)44-23-12(6-30)42-25(21(40)19(23)38)43-22(11(32)5-29)16(35)10(31)4-28/h2,4,7,9-27,29-40H,3,5-6H2,1H3/t7-,9?,10?,11-,12?,13?,14?,15+,16?,17+,18-,19?,20?,21-,22?,23?,24?,25-/m1/s1. The summed E-state index contributed by atoms with van der Waals surface area (Å²) in [6, 6.07) is -2.21. The first kappa shape index (κ1) is 37.2. The van der Waals surface area contributed by atoms with E-state index in [0.29, 0.717) is 0 Å². The highest BCUT2D eigenvalue weighted by Gasteiger charge is 2.52. The second-order valence-corrected chi connectivity index (χ2v) is 11.0. The zero-order valence-corrected chi connectivity index (χ0v) is 23.5. The van der Waals surface area contributed by atoms with Gasteiger partial charge in [-0.1, -0.05) is 6.08 Å². The first-order valence-corrected chi connectivity index (χ1v) is 13.9. The van der Waals surface area contributed by atoms with Crippen LogP contribution < -0.4 is 5.32 Å². The van der Waals surface area contributed by atoms with E-state index in [2.05, 4.69) is 5.32 Å². The SMILES string of the molecule is C[C@H]1OC(OC2C(CO)O[C@H](OC(C(O)C(O)C=O)[C@H](O)CO)[C@H](O)C2O)C(O)[C@@H](O)C1NC1C=C(CO)C(O)[C@@H](O)[C@H]1O. The van der Waals surface area contributed by atoms with Gasteiger partial charge in [0.25, 0.3) is 0 Å². The zero-order valence-electron chi connectivity index (χ0n) is 23.5. The van der Waals surface area contributed by atoms with Gasteiger partial charge in [-0.25, -0.2) is 0 Å². The Morgan fingerprint density at radius 3 is 2.09 bits per heavy atom. The van der Waals surface area contributed by atoms with E-state index < -0.39 is 130 Å². The van der Waals surface area contributed by atoms with Crippen molar-refractivity contribution in [2.75, 3.05) is 19.8 Å². The average Bonchev–Trinajstić information content (AvgIpc) is 3.02. The van der Waals surface area contributed by atoms with E-state index in [-0.39, 0.29) is 11.9 Å². The van der Waals surface area contributed by atoms with Crippen LogP contribution in [0.2, 0.25) is 0 Å². The van der Waals surface area contributed by atoms with Gasteiger partial charge >= 0.3 is 0 Å². The number of hydrogen-bond donors (Lipinski definition) is 14. The van der Waals surface area contributed by atoms with E-state index in [9.17, 15) is 71.2 Å². The maximum absolute atomic E-state index is 10.9. The molecule has 2 heterocycles. The van der Waals surface area contributed by atoms with Gasteiger partial charge in [-0.15, -0.1) is 0 Å². The summed E-state index contributed by atoms with van der Waals surface area (Å²) in [4.78, 5) is 10.9. The van der Waals surface area contributed by atoms with Gasteiger partial charge in [-0.05, 0) is 12.5 Å². The minimum absolute atomic E-state index is 0.00900. The minimum atomic E-state index is -2.10. The molecule has 0 amide bonds. The number of hydrogen-bond acceptors (Lipinski definition) is 19. The van der Waals surface area contributed by atoms with Crippen molar-refractivity contribution < 1.29 is 90.1 Å². The van der Waals surface area contributed by atoms with Crippen molar-refractivity contribution in [3.8, 4) is 0 Å². The van der Waals surface area contributed by atoms with Gasteiger partial charge in [0.15, 0.2) is 18.9 Å². The molecule has 256 valence electrons. The monoisotopic (exact) mass is 645 g/mol. The lowest BCUT2D eigenvalue weighted by Crippen LogP contribution is -2.68. The number of aliphatic hydroxyl groups excluding tert-OH is 13. The maximum Gasteiger partial charge on any atom is 0.187 e. The molecule has 2 saturated heterocycles. The van der Waals surface area contributed by atoms with Crippen LogP contribution in [-0.4, -0.2) is 203 Å². The molecule has 0 aromatic carbocycles. The number of carbonyl (C=O) groups is 1. The Morgan fingerprint density at radius 1 is 0.886 bits per heavy atom. The molecule has 19 heteroatoms. The Kier molecular flexibility index (Phi) is 13.5. The lowest BCUT2D eigenvalue weighted by Gasteiger charge is -2.48. The Morgan fingerprint density at radius 2 is 1.52 bits per heavy atom. The molecule has 0 bridgehead atoms. The van der Waals surface area contributed by atoms with Crippen molar-refractivity contribution in [1.82, 2.24) is 5.32 Å². The van der Waals surface area contributed by atoms with Gasteiger partial charge in [-0.3, -0.25) is 0 Å². The Hall–Kier alpha value is -1.31. The minimum Gasteiger partial charge on any atom is -0.394 e. The van der Waals surface area contributed by atoms with E-state index in [1.807, 2.05) is 0 Å². The van der Waals surface area contributed by atoms with Gasteiger partial charge in [0, 0.05) is 0 Å². The lowest BCUT2D eigenvalue weighted by molar-refractivity contribution is -0.361. The number of aldehydes is 1. The highest BCUT2D eigenvalue weighted by atomic mass is 16.7. The third-order valence-corrected chi connectivity index (χ3v) is 8.03. The summed E-state index contributed by atoms with van der Waals surface area (Å²) in [5, 5.41) is 135. The molecule has 19 nitrogen and oxygen atoms in total. The third kappa shape index (κ3) is 7.79. The fourth-order valence-electron chi connectivity index (χ4n) is 5.36. The van der Waals surface area contributed by atoms with Crippen LogP contribution in [0.3, 0.4) is 0 Å². The van der Waals surface area contributed by atoms with E-state index in [1.165, 1.54) is 13.0 Å². The predicted molar refractivity (Wildman–Crippen MR) is 139 cm³/mol. The fraction of sp³-hybridized carbons (Fsp3) is 0.880. The molecule has 1 aliphatic carbocycles. The molecular formula is C25H43NO18. The van der Waals surface area contributed by atoms with Crippen LogP contribution in [0.5, 0.6) is 0 Å². The van der Waals surface area contributed by atoms with Crippen molar-refractivity contribution in [1.29, 1.82) is 0 Å². The van der Waals surface area contributed by atoms with E-state index in [0.717, 1.165) is 0 Å². The van der Waals surface area contributed by atoms with Gasteiger partial charge < -0.3 is 95.4 Å². The first-order valence-electron chi connectivity index (χ1n) is 13.9. The number of nitrogens with one attached hydrogen (secondary N) is 1. The summed E-state index contributed by atoms with van der Waals surface area (Å²) in [6.45, 7) is -1.08. The zero-order chi connectivity index (χ0) is 33.0. The molecule has 3 aliphatic rings. The quantitative estimate of drug-likeness (QED) is 0.0653. The molecule has 0 aromatic heterocycles. The molecule has 0 spiro atoms. The molecule has 3 rings (SSSR count). The van der Waals surface area contributed by atoms with Gasteiger partial charge in [0.1, 0.15) is 79.4 Å². The summed E-state index contributed by atoms with van der Waals surface area (Å²) in [7, 11) is 0. The molecule has 2 fully saturated rings. The second-order valence-electron chi connectivity index (χ2n) is 11.0. The topological polar surface area (TPSA) is 329 Å². The normalized spacial score (nSPS) is 44.4. The van der Waals surface area contributed by atoms with Crippen LogP contribution >= 0.6 is 0 Å². The molecular weight excluding hydrogens is 602 g/mol. The van der Waals surface area contributed by atoms with Crippen LogP contribution in [0.25, 0.3) is 0 Å². The molecule has 2 aliphatic heterocycles. The van der Waals surface area contributed by atoms with Gasteiger partial charge in [-0.2, -0.15) is 0 Å². The number of ether oxygens (including phenoxy) is 4. The summed E-state index contributed by atoms with van der Waals surface area (Å²) < 4.78 is 22.0. The predicted octanol–water partition coefficient (Wildman–Crippen LogP) is -8.72. The maximum atomic E-state index is 10.9. The highest BCUT2D eigenvalue weighted by molar-refractivity contribution is 5.56. The average molecular weight is 646 g/mol. The first-order chi connectivity index (χ1) is 20.7. The van der Waals surface area contributed by atoms with Gasteiger partial charge in [0.05, 0.1) is 38.0 Å². The van der Waals surface area contributed by atoms with Crippen LogP contribution in [-0.2, 0) is 23.7 Å². The van der Waals surface area contributed by atoms with E-state index >= 15 is 0 Å². The Bertz CT molecular complexity index is 943. The fourth-order valence-corrected chi connectivity index (χ4v) is 5.36. The second kappa shape index (κ2) is 16.0. The Balaban J connectivity index is 1.71. The van der Waals surface area contributed by atoms with Crippen LogP contribution in [0, 0.1) is 0 Å². The van der Waals surface area contributed by atoms with Crippen LogP contribution in [0.1, 0.15) is 6.92 Å². The van der Waals surface area contributed by atoms with Crippen LogP contribution in [0.4, 0.5) is 0 Å². The van der Waals surface area contributed by atoms with Crippen molar-refractivity contribution in [3.63, 3.8) is 0 Å². The molecule has 11 unspecified atom stereocenters. The Labute approximate surface area is 250 Å². The summed E-state index contributed by atoms with van der Waals surface area (Å²) >= 11 is 0. The molecule has 14 N–H and O–H groups in total. The van der Waals surface area contributed by atoms with E-state index in [1.54, 1.807) is 0 Å². The summed E-state index contributed by atoms with van der Waals surface area (Å²) in [5.41, 5.74) is 0.00900. The number of rotatable bonds is 13. The number of aliphatic hydroxyl groups is 13. The lowest BCUT2D eigenvalue weighted by atomic mass is 9.86. The summed E-state index contributed by atoms with van der Waals surface area (Å²) in [6.07, 6.45) is -26.8. The van der Waals surface area contributed by atoms with Crippen molar-refractivity contribution >= 4 is 6.29 Å². The van der Waals surface area contributed by atoms with Crippen molar-refractivity contribution in [2.45, 2.75) is 117 Å². The molecule has 18 atom stereocenters. The molecule has 0 aromatic rings. The number of carbonyl (C=O) groups excluding carboxylic acids is 1. The van der Waals surface area contributed by atoms with Crippen molar-refractivity contribution in [2.24, 2.45) is 0 Å². The molecule has 44 heavy (non-hydrogen) atoms. The largest absolute Gasteiger partial charge is 0.394 e. The van der Waals surface area contributed by atoms with Crippen molar-refractivity contribution in [3.05, 3.63) is 11.6 Å². The molecule has 0 radical (unpaired) electrons. The van der Waals surface area contributed by atoms with Crippen LogP contribution in [0.15, 0.2) is 11.6 Å².